The van der Waals surface area contributed by atoms with E-state index < -0.39 is 7.12 Å². The van der Waals surface area contributed by atoms with Gasteiger partial charge in [0, 0.05) is 48.8 Å². The molecule has 448 valence electrons. The van der Waals surface area contributed by atoms with E-state index in [1.54, 1.807) is 12.1 Å². The Balaban J connectivity index is 0.000000138. The Labute approximate surface area is 552 Å². The van der Waals surface area contributed by atoms with E-state index in [1.165, 1.54) is 105 Å². The molecule has 0 bridgehead atoms. The van der Waals surface area contributed by atoms with Crippen molar-refractivity contribution in [3.05, 3.63) is 367 Å². The first-order valence-electron chi connectivity index (χ1n) is 31.0. The standard InChI is InChI=1S/C42H30N2.C24H18BNO2.C19H15Br.CH4/c1-2-8-30(9-3-1)33-18-24-36(25-19-33)43-37-26-20-34(21-27-37)31-14-16-32(17-15-31)35-22-28-38(29-23-35)44-41-12-6-4-10-39(41)40-11-5-7-13-42(40)44;27-25(28)19-13-9-17(10-14-19)18-11-15-20(16-12-18)26-23-7-3-1-5-21(23)22-6-2-4-8-24(22)26;20-19-12-8-16(9-13-19)14-15-6-10-18(11-7-15)17-4-2-1-3-5-17;/h1-29,43H;1-16,27-28H;1-13H,14H2;1H4. The van der Waals surface area contributed by atoms with Crippen molar-refractivity contribution in [2.45, 2.75) is 13.8 Å². The zero-order chi connectivity index (χ0) is 62.2. The molecule has 0 saturated carbocycles. The first kappa shape index (κ1) is 60.8. The second-order valence-electron chi connectivity index (χ2n) is 22.9. The molecule has 5 nitrogen and oxygen atoms in total. The molecule has 0 atom stereocenters. The van der Waals surface area contributed by atoms with Gasteiger partial charge in [0.1, 0.15) is 0 Å². The lowest BCUT2D eigenvalue weighted by atomic mass is 9.80. The van der Waals surface area contributed by atoms with Crippen LogP contribution in [0.1, 0.15) is 18.6 Å². The summed E-state index contributed by atoms with van der Waals surface area (Å²) in [5.41, 5.74) is 24.4. The van der Waals surface area contributed by atoms with Crippen molar-refractivity contribution in [3.63, 3.8) is 0 Å². The number of nitrogens with one attached hydrogen (secondary N) is 1. The fourth-order valence-electron chi connectivity index (χ4n) is 12.3. The average Bonchev–Trinajstić information content (AvgIpc) is 1.63. The smallest absolute Gasteiger partial charge is 0.423 e. The van der Waals surface area contributed by atoms with Crippen molar-refractivity contribution in [1.29, 1.82) is 0 Å². The van der Waals surface area contributed by atoms with Crippen LogP contribution in [0.15, 0.2) is 356 Å². The number of anilines is 2. The first-order chi connectivity index (χ1) is 45.3. The van der Waals surface area contributed by atoms with Crippen LogP contribution in [0.3, 0.4) is 0 Å². The van der Waals surface area contributed by atoms with Crippen LogP contribution >= 0.6 is 15.9 Å². The quantitative estimate of drug-likeness (QED) is 0.107. The van der Waals surface area contributed by atoms with Crippen molar-refractivity contribution in [2.75, 3.05) is 5.32 Å². The molecule has 14 aromatic carbocycles. The molecule has 16 rings (SSSR count). The van der Waals surface area contributed by atoms with E-state index in [0.29, 0.717) is 5.46 Å². The second-order valence-corrected chi connectivity index (χ2v) is 23.8. The minimum atomic E-state index is -1.44. The van der Waals surface area contributed by atoms with Crippen molar-refractivity contribution < 1.29 is 10.0 Å². The lowest BCUT2D eigenvalue weighted by molar-refractivity contribution is 0.426. The van der Waals surface area contributed by atoms with Gasteiger partial charge in [-0.3, -0.25) is 0 Å². The molecule has 93 heavy (non-hydrogen) atoms. The Bertz CT molecular complexity index is 5010. The van der Waals surface area contributed by atoms with Crippen LogP contribution in [0.4, 0.5) is 11.4 Å². The Morgan fingerprint density at radius 3 is 0.839 bits per heavy atom. The first-order valence-corrected chi connectivity index (χ1v) is 31.8. The van der Waals surface area contributed by atoms with Gasteiger partial charge < -0.3 is 24.5 Å². The van der Waals surface area contributed by atoms with Crippen LogP contribution in [0.5, 0.6) is 0 Å². The molecule has 2 aromatic heterocycles. The largest absolute Gasteiger partial charge is 0.488 e. The lowest BCUT2D eigenvalue weighted by Gasteiger charge is -2.11. The highest BCUT2D eigenvalue weighted by atomic mass is 79.9. The highest BCUT2D eigenvalue weighted by molar-refractivity contribution is 9.10. The molecule has 3 N–H and O–H groups in total. The molecule has 0 aliphatic heterocycles. The summed E-state index contributed by atoms with van der Waals surface area (Å²) < 4.78 is 5.77. The predicted molar refractivity (Wildman–Crippen MR) is 398 cm³/mol. The molecule has 16 aromatic rings. The Hall–Kier alpha value is -11.1. The summed E-state index contributed by atoms with van der Waals surface area (Å²) in [6, 6.07) is 123. The minimum Gasteiger partial charge on any atom is -0.423 e. The van der Waals surface area contributed by atoms with Gasteiger partial charge in [-0.15, -0.1) is 0 Å². The van der Waals surface area contributed by atoms with E-state index in [9.17, 15) is 10.0 Å². The number of halogens is 1. The topological polar surface area (TPSA) is 62.4 Å². The summed E-state index contributed by atoms with van der Waals surface area (Å²) in [5, 5.41) is 27.1. The van der Waals surface area contributed by atoms with Crippen LogP contribution in [0.2, 0.25) is 0 Å². The van der Waals surface area contributed by atoms with Gasteiger partial charge in [-0.05, 0) is 164 Å². The summed E-state index contributed by atoms with van der Waals surface area (Å²) in [4.78, 5) is 0. The van der Waals surface area contributed by atoms with Crippen molar-refractivity contribution in [2.24, 2.45) is 0 Å². The van der Waals surface area contributed by atoms with Crippen LogP contribution in [-0.2, 0) is 6.42 Å². The maximum absolute atomic E-state index is 9.25. The van der Waals surface area contributed by atoms with Crippen molar-refractivity contribution in [1.82, 2.24) is 9.13 Å². The Kier molecular flexibility index (Phi) is 18.3. The zero-order valence-corrected chi connectivity index (χ0v) is 52.0. The molecule has 0 radical (unpaired) electrons. The second kappa shape index (κ2) is 28.0. The molecule has 0 aliphatic rings. The Morgan fingerprint density at radius 2 is 0.516 bits per heavy atom. The summed E-state index contributed by atoms with van der Waals surface area (Å²) in [6.07, 6.45) is 0.975. The predicted octanol–water partition coefficient (Wildman–Crippen LogP) is 22.0. The van der Waals surface area contributed by atoms with E-state index in [1.807, 2.05) is 24.3 Å². The van der Waals surface area contributed by atoms with Crippen LogP contribution < -0.4 is 10.8 Å². The number of hydrogen-bond donors (Lipinski definition) is 3. The van der Waals surface area contributed by atoms with E-state index in [2.05, 4.69) is 346 Å². The summed E-state index contributed by atoms with van der Waals surface area (Å²) in [7, 11) is -1.44. The van der Waals surface area contributed by atoms with Gasteiger partial charge in [0.15, 0.2) is 0 Å². The van der Waals surface area contributed by atoms with E-state index in [4.69, 9.17) is 0 Å². The number of aromatic nitrogens is 2. The van der Waals surface area contributed by atoms with Gasteiger partial charge in [0.25, 0.3) is 0 Å². The van der Waals surface area contributed by atoms with Crippen molar-refractivity contribution in [3.8, 4) is 67.0 Å². The van der Waals surface area contributed by atoms with Crippen LogP contribution in [0, 0.1) is 0 Å². The lowest BCUT2D eigenvalue weighted by Crippen LogP contribution is -2.29. The number of nitrogens with zero attached hydrogens (tertiary/aromatic N) is 2. The molecule has 0 unspecified atom stereocenters. The minimum absolute atomic E-state index is 0. The fraction of sp³-hybridized carbons (Fsp3) is 0.0233. The van der Waals surface area contributed by atoms with Gasteiger partial charge in [-0.25, -0.2) is 0 Å². The molecular formula is C86H67BBrN3O2. The summed E-state index contributed by atoms with van der Waals surface area (Å²) >= 11 is 3.47. The monoisotopic (exact) mass is 1260 g/mol. The number of para-hydroxylation sites is 4. The maximum Gasteiger partial charge on any atom is 0.488 e. The average molecular weight is 1270 g/mol. The van der Waals surface area contributed by atoms with Gasteiger partial charge in [0.05, 0.1) is 22.1 Å². The van der Waals surface area contributed by atoms with Crippen molar-refractivity contribution >= 4 is 83.5 Å². The molecule has 0 aliphatic carbocycles. The molecule has 0 saturated heterocycles. The number of benzene rings is 14. The number of fused-ring (bicyclic) bond motifs is 6. The zero-order valence-electron chi connectivity index (χ0n) is 50.4. The third kappa shape index (κ3) is 13.6. The third-order valence-electron chi connectivity index (χ3n) is 17.1. The SMILES string of the molecule is Brc1ccc(Cc2ccc(-c3ccccc3)cc2)cc1.C.OB(O)c1ccc(-c2ccc(-n3c4ccccc4c4ccccc43)cc2)cc1.c1ccc(-c2ccc(Nc3ccc(-c4ccc(-c5ccc(-n6c7ccccc7c7ccccc76)cc5)cc4)cc3)cc2)cc1. The molecule has 0 fully saturated rings. The van der Waals surface area contributed by atoms with Gasteiger partial charge >= 0.3 is 7.12 Å². The normalized spacial score (nSPS) is 10.9. The molecule has 0 amide bonds. The van der Waals surface area contributed by atoms with E-state index in [-0.39, 0.29) is 7.43 Å². The molecular weight excluding hydrogens is 1200 g/mol. The maximum atomic E-state index is 9.25. The number of rotatable bonds is 12. The molecule has 0 spiro atoms. The Morgan fingerprint density at radius 1 is 0.269 bits per heavy atom. The van der Waals surface area contributed by atoms with Gasteiger partial charge in [-0.2, -0.15) is 0 Å². The van der Waals surface area contributed by atoms with Gasteiger partial charge in [0.2, 0.25) is 0 Å². The van der Waals surface area contributed by atoms with E-state index >= 15 is 0 Å². The highest BCUT2D eigenvalue weighted by Gasteiger charge is 2.15. The van der Waals surface area contributed by atoms with E-state index in [0.717, 1.165) is 39.1 Å². The summed E-state index contributed by atoms with van der Waals surface area (Å²) in [6.45, 7) is 0. The van der Waals surface area contributed by atoms with Crippen LogP contribution in [-0.4, -0.2) is 26.3 Å². The highest BCUT2D eigenvalue weighted by Crippen LogP contribution is 2.36. The molecule has 2 heterocycles. The third-order valence-corrected chi connectivity index (χ3v) is 17.6. The fourth-order valence-corrected chi connectivity index (χ4v) is 12.5. The number of hydrogen-bond acceptors (Lipinski definition) is 3. The van der Waals surface area contributed by atoms with Gasteiger partial charge in [-0.1, -0.05) is 290 Å². The van der Waals surface area contributed by atoms with Crippen LogP contribution in [0.25, 0.3) is 111 Å². The molecule has 7 heteroatoms. The summed E-state index contributed by atoms with van der Waals surface area (Å²) in [5.74, 6) is 0.